The summed E-state index contributed by atoms with van der Waals surface area (Å²) >= 11 is 0. The van der Waals surface area contributed by atoms with E-state index in [-0.39, 0.29) is 5.78 Å². The van der Waals surface area contributed by atoms with E-state index in [1.165, 1.54) is 29.7 Å². The molecule has 3 aromatic rings. The minimum absolute atomic E-state index is 0.0702. The van der Waals surface area contributed by atoms with Crippen molar-refractivity contribution in [3.05, 3.63) is 83.1 Å². The largest absolute Gasteiger partial charge is 0.465 e. The standard InChI is InChI=1S/C34H41N3O3/c1-34(2,3)37(33(39)40)31-27-15-9-10-16-28(27)35-29-18-17-26(32(38)30(29)31)14-8-7-11-24-19-21-36(22-20-24)23-25-12-5-4-6-13-25/h4-6,9-10,12-16,24H,7-8,11,17-23H2,1-3H3,(H,39,40). The Balaban J connectivity index is 1.26. The molecular weight excluding hydrogens is 498 g/mol. The van der Waals surface area contributed by atoms with E-state index in [0.717, 1.165) is 49.5 Å². The fraction of sp³-hybridized carbons (Fsp3) is 0.441. The van der Waals surface area contributed by atoms with Crippen molar-refractivity contribution in [3.8, 4) is 0 Å². The molecule has 1 fully saturated rings. The van der Waals surface area contributed by atoms with Crippen LogP contribution in [0.2, 0.25) is 0 Å². The van der Waals surface area contributed by atoms with Crippen LogP contribution in [0.1, 0.15) is 80.9 Å². The van der Waals surface area contributed by atoms with Crippen LogP contribution >= 0.6 is 0 Å². The van der Waals surface area contributed by atoms with E-state index in [1.54, 1.807) is 0 Å². The highest BCUT2D eigenvalue weighted by Crippen LogP contribution is 2.40. The summed E-state index contributed by atoms with van der Waals surface area (Å²) in [5.74, 6) is 0.672. The number of hydrogen-bond donors (Lipinski definition) is 1. The van der Waals surface area contributed by atoms with Crippen LogP contribution in [-0.4, -0.2) is 45.5 Å². The smallest absolute Gasteiger partial charge is 0.412 e. The lowest BCUT2D eigenvalue weighted by molar-refractivity contribution is 0.102. The Morgan fingerprint density at radius 2 is 1.75 bits per heavy atom. The third kappa shape index (κ3) is 6.12. The van der Waals surface area contributed by atoms with Crippen LogP contribution in [0.3, 0.4) is 0 Å². The number of aromatic nitrogens is 1. The van der Waals surface area contributed by atoms with E-state index in [4.69, 9.17) is 4.98 Å². The van der Waals surface area contributed by atoms with Crippen molar-refractivity contribution in [2.24, 2.45) is 5.92 Å². The molecule has 0 bridgehead atoms. The van der Waals surface area contributed by atoms with Gasteiger partial charge in [-0.05, 0) is 95.5 Å². The second kappa shape index (κ2) is 11.9. The number of rotatable bonds is 7. The van der Waals surface area contributed by atoms with E-state index < -0.39 is 11.6 Å². The van der Waals surface area contributed by atoms with Crippen molar-refractivity contribution in [1.29, 1.82) is 0 Å². The lowest BCUT2D eigenvalue weighted by atomic mass is 9.85. The molecule has 5 rings (SSSR count). The second-order valence-electron chi connectivity index (χ2n) is 12.3. The van der Waals surface area contributed by atoms with Gasteiger partial charge in [-0.2, -0.15) is 0 Å². The lowest BCUT2D eigenvalue weighted by Gasteiger charge is -2.36. The van der Waals surface area contributed by atoms with Crippen LogP contribution < -0.4 is 4.90 Å². The van der Waals surface area contributed by atoms with Gasteiger partial charge < -0.3 is 5.11 Å². The molecule has 0 unspecified atom stereocenters. The Morgan fingerprint density at radius 1 is 1.05 bits per heavy atom. The molecule has 6 nitrogen and oxygen atoms in total. The SMILES string of the molecule is CC(C)(C)N(C(=O)O)c1c2c(nc3ccccc13)CCC(=CCCCC1CCN(Cc3ccccc3)CC1)C2=O. The first-order valence-electron chi connectivity index (χ1n) is 14.7. The van der Waals surface area contributed by atoms with Gasteiger partial charge in [0.05, 0.1) is 22.5 Å². The predicted octanol–water partition coefficient (Wildman–Crippen LogP) is 7.66. The summed E-state index contributed by atoms with van der Waals surface area (Å²) in [6.07, 6.45) is 7.92. The number of aryl methyl sites for hydroxylation is 1. The Bertz CT molecular complexity index is 1400. The quantitative estimate of drug-likeness (QED) is 0.246. The average Bonchev–Trinajstić information content (AvgIpc) is 2.92. The van der Waals surface area contributed by atoms with E-state index in [9.17, 15) is 14.7 Å². The molecule has 0 radical (unpaired) electrons. The Morgan fingerprint density at radius 3 is 2.45 bits per heavy atom. The van der Waals surface area contributed by atoms with Gasteiger partial charge in [-0.25, -0.2) is 4.79 Å². The number of para-hydroxylation sites is 1. The summed E-state index contributed by atoms with van der Waals surface area (Å²) in [4.78, 5) is 35.1. The molecule has 6 heteroatoms. The molecule has 40 heavy (non-hydrogen) atoms. The van der Waals surface area contributed by atoms with Crippen molar-refractivity contribution >= 4 is 28.5 Å². The van der Waals surface area contributed by atoms with Crippen molar-refractivity contribution in [1.82, 2.24) is 9.88 Å². The molecule has 1 N–H and O–H groups in total. The number of Topliss-reactive ketones (excluding diaryl/α,β-unsaturated/α-hetero) is 1. The van der Waals surface area contributed by atoms with Gasteiger partial charge in [-0.15, -0.1) is 0 Å². The zero-order chi connectivity index (χ0) is 28.3. The first-order chi connectivity index (χ1) is 19.2. The van der Waals surface area contributed by atoms with Crippen LogP contribution in [0.15, 0.2) is 66.2 Å². The minimum Gasteiger partial charge on any atom is -0.465 e. The highest BCUT2D eigenvalue weighted by Gasteiger charge is 2.36. The predicted molar refractivity (Wildman–Crippen MR) is 161 cm³/mol. The molecule has 210 valence electrons. The monoisotopic (exact) mass is 539 g/mol. The molecule has 1 aromatic heterocycles. The third-order valence-electron chi connectivity index (χ3n) is 8.34. The number of amides is 1. The van der Waals surface area contributed by atoms with Crippen LogP contribution in [0.5, 0.6) is 0 Å². The maximum Gasteiger partial charge on any atom is 0.412 e. The normalized spacial score (nSPS) is 17.8. The van der Waals surface area contributed by atoms with Gasteiger partial charge in [-0.3, -0.25) is 19.6 Å². The lowest BCUT2D eigenvalue weighted by Crippen LogP contribution is -2.46. The number of ketones is 1. The number of pyridine rings is 1. The van der Waals surface area contributed by atoms with Crippen molar-refractivity contribution in [2.45, 2.75) is 77.8 Å². The number of piperidine rings is 1. The second-order valence-corrected chi connectivity index (χ2v) is 12.3. The summed E-state index contributed by atoms with van der Waals surface area (Å²) in [7, 11) is 0. The molecule has 1 aliphatic heterocycles. The van der Waals surface area contributed by atoms with Crippen LogP contribution in [0.4, 0.5) is 10.5 Å². The van der Waals surface area contributed by atoms with Crippen molar-refractivity contribution in [2.75, 3.05) is 18.0 Å². The number of benzene rings is 2. The number of allylic oxidation sites excluding steroid dienone is 2. The number of unbranched alkanes of at least 4 members (excludes halogenated alkanes) is 1. The number of likely N-dealkylation sites (tertiary alicyclic amines) is 1. The van der Waals surface area contributed by atoms with Gasteiger partial charge >= 0.3 is 6.09 Å². The highest BCUT2D eigenvalue weighted by atomic mass is 16.4. The third-order valence-corrected chi connectivity index (χ3v) is 8.34. The van der Waals surface area contributed by atoms with Gasteiger partial charge in [0.1, 0.15) is 0 Å². The number of fused-ring (bicyclic) bond motifs is 2. The topological polar surface area (TPSA) is 73.7 Å². The molecule has 0 saturated carbocycles. The molecule has 2 aromatic carbocycles. The van der Waals surface area contributed by atoms with E-state index in [1.807, 2.05) is 45.0 Å². The van der Waals surface area contributed by atoms with Gasteiger partial charge in [0.25, 0.3) is 0 Å². The molecule has 0 atom stereocenters. The van der Waals surface area contributed by atoms with Gasteiger partial charge in [0.15, 0.2) is 5.78 Å². The molecular formula is C34H41N3O3. The first kappa shape index (κ1) is 28.0. The molecule has 1 amide bonds. The summed E-state index contributed by atoms with van der Waals surface area (Å²) in [6.45, 7) is 8.90. The first-order valence-corrected chi connectivity index (χ1v) is 14.7. The Kier molecular flexibility index (Phi) is 8.36. The average molecular weight is 540 g/mol. The van der Waals surface area contributed by atoms with Crippen molar-refractivity contribution in [3.63, 3.8) is 0 Å². The fourth-order valence-electron chi connectivity index (χ4n) is 6.29. The number of hydrogen-bond acceptors (Lipinski definition) is 4. The summed E-state index contributed by atoms with van der Waals surface area (Å²) in [5.41, 5.74) is 3.81. The molecule has 1 aliphatic carbocycles. The summed E-state index contributed by atoms with van der Waals surface area (Å²) < 4.78 is 0. The van der Waals surface area contributed by atoms with Gasteiger partial charge in [-0.1, -0.05) is 61.0 Å². The number of anilines is 1. The van der Waals surface area contributed by atoms with Gasteiger partial charge in [0.2, 0.25) is 0 Å². The zero-order valence-electron chi connectivity index (χ0n) is 24.0. The molecule has 0 spiro atoms. The fourth-order valence-corrected chi connectivity index (χ4v) is 6.29. The van der Waals surface area contributed by atoms with Crippen LogP contribution in [-0.2, 0) is 13.0 Å². The summed E-state index contributed by atoms with van der Waals surface area (Å²) in [5, 5.41) is 10.9. The van der Waals surface area contributed by atoms with E-state index in [2.05, 4.69) is 41.3 Å². The van der Waals surface area contributed by atoms with Gasteiger partial charge in [0, 0.05) is 17.5 Å². The van der Waals surface area contributed by atoms with Crippen LogP contribution in [0.25, 0.3) is 10.9 Å². The minimum atomic E-state index is -1.07. The summed E-state index contributed by atoms with van der Waals surface area (Å²) in [6, 6.07) is 18.2. The number of carbonyl (C=O) groups is 2. The maximum absolute atomic E-state index is 13.9. The van der Waals surface area contributed by atoms with E-state index >= 15 is 0 Å². The molecule has 1 saturated heterocycles. The van der Waals surface area contributed by atoms with Crippen LogP contribution in [0, 0.1) is 5.92 Å². The Hall–Kier alpha value is -3.51. The van der Waals surface area contributed by atoms with Crippen molar-refractivity contribution < 1.29 is 14.7 Å². The molecule has 2 heterocycles. The number of carboxylic acid groups (broad SMARTS) is 1. The number of carbonyl (C=O) groups excluding carboxylic acids is 1. The highest BCUT2D eigenvalue weighted by molar-refractivity contribution is 6.19. The zero-order valence-corrected chi connectivity index (χ0v) is 24.0. The Labute approximate surface area is 237 Å². The number of nitrogens with zero attached hydrogens (tertiary/aromatic N) is 3. The maximum atomic E-state index is 13.9. The van der Waals surface area contributed by atoms with E-state index in [0.29, 0.717) is 35.2 Å². The molecule has 2 aliphatic rings.